The van der Waals surface area contributed by atoms with Gasteiger partial charge in [0.1, 0.15) is 0 Å². The molecule has 1 unspecified atom stereocenters. The number of likely N-dealkylation sites (tertiary alicyclic amines) is 1. The van der Waals surface area contributed by atoms with Gasteiger partial charge in [-0.05, 0) is 40.5 Å². The Morgan fingerprint density at radius 1 is 1.14 bits per heavy atom. The van der Waals surface area contributed by atoms with E-state index < -0.39 is 0 Å². The van der Waals surface area contributed by atoms with E-state index in [9.17, 15) is 4.79 Å². The minimum Gasteiger partial charge on any atom is -0.367 e. The van der Waals surface area contributed by atoms with E-state index in [0.717, 1.165) is 39.0 Å². The molecule has 5 nitrogen and oxygen atoms in total. The summed E-state index contributed by atoms with van der Waals surface area (Å²) >= 11 is 0. The summed E-state index contributed by atoms with van der Waals surface area (Å²) in [6.07, 6.45) is 2.80. The maximum atomic E-state index is 12.4. The number of carbonyl (C=O) groups is 1. The number of rotatable bonds is 4. The van der Waals surface area contributed by atoms with Crippen molar-refractivity contribution in [2.45, 2.75) is 64.2 Å². The SMILES string of the molecule is CC1(C)CN(C(CN)CC(=O)N2CCCC2)CC(C)(C)O1. The molecule has 2 saturated heterocycles. The Balaban J connectivity index is 2.00. The molecule has 1 atom stereocenters. The third-order valence-corrected chi connectivity index (χ3v) is 4.38. The van der Waals surface area contributed by atoms with Crippen molar-refractivity contribution in [3.8, 4) is 0 Å². The molecule has 2 aliphatic rings. The summed E-state index contributed by atoms with van der Waals surface area (Å²) in [6, 6.07) is 0.112. The van der Waals surface area contributed by atoms with E-state index in [2.05, 4.69) is 32.6 Å². The zero-order valence-corrected chi connectivity index (χ0v) is 14.0. The summed E-state index contributed by atoms with van der Waals surface area (Å²) in [5.41, 5.74) is 5.57. The Hall–Kier alpha value is -0.650. The van der Waals surface area contributed by atoms with Gasteiger partial charge in [-0.3, -0.25) is 9.69 Å². The van der Waals surface area contributed by atoms with Gasteiger partial charge < -0.3 is 15.4 Å². The molecule has 0 aromatic carbocycles. The number of carbonyl (C=O) groups excluding carboxylic acids is 1. The third-order valence-electron chi connectivity index (χ3n) is 4.38. The number of nitrogens with two attached hydrogens (primary N) is 1. The second-order valence-corrected chi connectivity index (χ2v) is 7.71. The molecule has 2 N–H and O–H groups in total. The van der Waals surface area contributed by atoms with Gasteiger partial charge in [-0.15, -0.1) is 0 Å². The van der Waals surface area contributed by atoms with Crippen LogP contribution in [0, 0.1) is 0 Å². The molecule has 2 rings (SSSR count). The smallest absolute Gasteiger partial charge is 0.224 e. The Labute approximate surface area is 128 Å². The molecule has 0 aliphatic carbocycles. The van der Waals surface area contributed by atoms with Crippen molar-refractivity contribution >= 4 is 5.91 Å². The number of amides is 1. The van der Waals surface area contributed by atoms with Crippen molar-refractivity contribution in [2.24, 2.45) is 5.73 Å². The zero-order chi connectivity index (χ0) is 15.7. The van der Waals surface area contributed by atoms with Gasteiger partial charge in [0.25, 0.3) is 0 Å². The second kappa shape index (κ2) is 6.23. The van der Waals surface area contributed by atoms with E-state index in [0.29, 0.717) is 13.0 Å². The first kappa shape index (κ1) is 16.7. The van der Waals surface area contributed by atoms with Gasteiger partial charge >= 0.3 is 0 Å². The molecule has 0 saturated carbocycles. The van der Waals surface area contributed by atoms with Gasteiger partial charge in [-0.2, -0.15) is 0 Å². The fraction of sp³-hybridized carbons (Fsp3) is 0.938. The van der Waals surface area contributed by atoms with E-state index in [1.54, 1.807) is 0 Å². The fourth-order valence-corrected chi connectivity index (χ4v) is 3.76. The monoisotopic (exact) mass is 297 g/mol. The average molecular weight is 297 g/mol. The highest BCUT2D eigenvalue weighted by Gasteiger charge is 2.40. The summed E-state index contributed by atoms with van der Waals surface area (Å²) in [7, 11) is 0. The molecule has 2 heterocycles. The van der Waals surface area contributed by atoms with Crippen molar-refractivity contribution < 1.29 is 9.53 Å². The van der Waals surface area contributed by atoms with E-state index in [4.69, 9.17) is 10.5 Å². The van der Waals surface area contributed by atoms with Gasteiger partial charge in [0.05, 0.1) is 11.2 Å². The first-order valence-electron chi connectivity index (χ1n) is 8.14. The lowest BCUT2D eigenvalue weighted by molar-refractivity contribution is -0.188. The molecule has 0 radical (unpaired) electrons. The van der Waals surface area contributed by atoms with Crippen molar-refractivity contribution in [1.82, 2.24) is 9.80 Å². The first-order chi connectivity index (χ1) is 9.72. The van der Waals surface area contributed by atoms with Crippen LogP contribution in [-0.2, 0) is 9.53 Å². The molecule has 0 spiro atoms. The van der Waals surface area contributed by atoms with Crippen molar-refractivity contribution in [2.75, 3.05) is 32.7 Å². The van der Waals surface area contributed by atoms with Gasteiger partial charge in [-0.1, -0.05) is 0 Å². The van der Waals surface area contributed by atoms with Crippen LogP contribution in [0.5, 0.6) is 0 Å². The van der Waals surface area contributed by atoms with Crippen LogP contribution < -0.4 is 5.73 Å². The summed E-state index contributed by atoms with van der Waals surface area (Å²) in [4.78, 5) is 16.7. The van der Waals surface area contributed by atoms with E-state index in [-0.39, 0.29) is 23.2 Å². The highest BCUT2D eigenvalue weighted by Crippen LogP contribution is 2.29. The quantitative estimate of drug-likeness (QED) is 0.847. The zero-order valence-electron chi connectivity index (χ0n) is 14.0. The van der Waals surface area contributed by atoms with E-state index in [1.807, 2.05) is 4.90 Å². The van der Waals surface area contributed by atoms with Gasteiger partial charge in [0.2, 0.25) is 5.91 Å². The lowest BCUT2D eigenvalue weighted by Crippen LogP contribution is -2.61. The molecule has 2 aliphatic heterocycles. The fourth-order valence-electron chi connectivity index (χ4n) is 3.76. The number of hydrogen-bond acceptors (Lipinski definition) is 4. The van der Waals surface area contributed by atoms with Crippen molar-refractivity contribution in [1.29, 1.82) is 0 Å². The van der Waals surface area contributed by atoms with Gasteiger partial charge in [0.15, 0.2) is 0 Å². The first-order valence-corrected chi connectivity index (χ1v) is 8.14. The minimum atomic E-state index is -0.203. The third kappa shape index (κ3) is 4.41. The maximum Gasteiger partial charge on any atom is 0.224 e. The van der Waals surface area contributed by atoms with Crippen molar-refractivity contribution in [3.63, 3.8) is 0 Å². The van der Waals surface area contributed by atoms with Gasteiger partial charge in [-0.25, -0.2) is 0 Å². The number of ether oxygens (including phenoxy) is 1. The molecule has 2 fully saturated rings. The largest absolute Gasteiger partial charge is 0.367 e. The van der Waals surface area contributed by atoms with E-state index in [1.165, 1.54) is 0 Å². The highest BCUT2D eigenvalue weighted by molar-refractivity contribution is 5.77. The Morgan fingerprint density at radius 2 is 1.67 bits per heavy atom. The number of hydrogen-bond donors (Lipinski definition) is 1. The molecule has 1 amide bonds. The number of nitrogens with zero attached hydrogens (tertiary/aromatic N) is 2. The molecule has 21 heavy (non-hydrogen) atoms. The normalized spacial score (nSPS) is 26.8. The van der Waals surface area contributed by atoms with Crippen LogP contribution >= 0.6 is 0 Å². The topological polar surface area (TPSA) is 58.8 Å². The minimum absolute atomic E-state index is 0.112. The standard InChI is InChI=1S/C16H31N3O2/c1-15(2)11-19(12-16(3,4)21-15)13(10-17)9-14(20)18-7-5-6-8-18/h13H,5-12,17H2,1-4H3. The van der Waals surface area contributed by atoms with Crippen LogP contribution in [0.15, 0.2) is 0 Å². The van der Waals surface area contributed by atoms with Crippen LogP contribution in [0.4, 0.5) is 0 Å². The van der Waals surface area contributed by atoms with Gasteiger partial charge in [0, 0.05) is 45.2 Å². The molecular weight excluding hydrogens is 266 g/mol. The summed E-state index contributed by atoms with van der Waals surface area (Å²) in [5.74, 6) is 0.255. The molecule has 0 aromatic heterocycles. The average Bonchev–Trinajstić information content (AvgIpc) is 2.85. The lowest BCUT2D eigenvalue weighted by atomic mass is 9.96. The Morgan fingerprint density at radius 3 is 2.14 bits per heavy atom. The molecule has 0 bridgehead atoms. The second-order valence-electron chi connectivity index (χ2n) is 7.71. The van der Waals surface area contributed by atoms with Crippen LogP contribution in [-0.4, -0.2) is 65.7 Å². The number of morpholine rings is 1. The van der Waals surface area contributed by atoms with Crippen molar-refractivity contribution in [3.05, 3.63) is 0 Å². The molecule has 122 valence electrons. The maximum absolute atomic E-state index is 12.4. The molecule has 5 heteroatoms. The predicted octanol–water partition coefficient (Wildman–Crippen LogP) is 1.22. The van der Waals surface area contributed by atoms with Crippen LogP contribution in [0.3, 0.4) is 0 Å². The van der Waals surface area contributed by atoms with Crippen LogP contribution in [0.1, 0.15) is 47.0 Å². The Bertz CT molecular complexity index is 360. The highest BCUT2D eigenvalue weighted by atomic mass is 16.5. The summed E-state index contributed by atoms with van der Waals surface area (Å²) in [5, 5.41) is 0. The van der Waals surface area contributed by atoms with Crippen LogP contribution in [0.25, 0.3) is 0 Å². The summed E-state index contributed by atoms with van der Waals surface area (Å²) in [6.45, 7) is 12.4. The predicted molar refractivity (Wildman–Crippen MR) is 84.1 cm³/mol. The van der Waals surface area contributed by atoms with Crippen LogP contribution in [0.2, 0.25) is 0 Å². The van der Waals surface area contributed by atoms with E-state index >= 15 is 0 Å². The summed E-state index contributed by atoms with van der Waals surface area (Å²) < 4.78 is 6.11. The molecule has 0 aromatic rings. The molecular formula is C16H31N3O2. The Kier molecular flexibility index (Phi) is 4.96. The lowest BCUT2D eigenvalue weighted by Gasteiger charge is -2.49.